The molecule has 0 spiro atoms. The van der Waals surface area contributed by atoms with Crippen molar-refractivity contribution in [3.8, 4) is 0 Å². The van der Waals surface area contributed by atoms with Gasteiger partial charge >= 0.3 is 11.9 Å². The Labute approximate surface area is 232 Å². The first-order chi connectivity index (χ1) is 17.9. The monoisotopic (exact) mass is 544 g/mol. The molecule has 4 fully saturated rings. The van der Waals surface area contributed by atoms with Gasteiger partial charge in [-0.15, -0.1) is 0 Å². The molecule has 5 aliphatic rings. The molecule has 0 unspecified atom stereocenters. The topological polar surface area (TPSA) is 121 Å². The molecule has 39 heavy (non-hydrogen) atoms. The van der Waals surface area contributed by atoms with Gasteiger partial charge in [0.2, 0.25) is 0 Å². The molecule has 0 heterocycles. The Bertz CT molecular complexity index is 1130. The SMILES string of the molecule is CC(=O)O[C@@H]1CC[C@@]2(C)[C@@H](C[C@H](O)[C@]3(C)[C@@H]2C(=O)C=C2[C@@H]4[C@@H](C)[C@H](C)CC[C@]4(C)[C@H](O)C[C@]23C)[C@@]1(C)C(=O)O. The van der Waals surface area contributed by atoms with Crippen LogP contribution in [-0.2, 0) is 19.1 Å². The minimum atomic E-state index is -1.44. The Balaban J connectivity index is 1.68. The summed E-state index contributed by atoms with van der Waals surface area (Å²) in [5.74, 6) is -2.01. The molecule has 4 saturated carbocycles. The molecule has 5 rings (SSSR count). The van der Waals surface area contributed by atoms with Gasteiger partial charge in [-0.3, -0.25) is 14.4 Å². The maximum atomic E-state index is 14.4. The van der Waals surface area contributed by atoms with Gasteiger partial charge in [0.25, 0.3) is 0 Å². The molecule has 7 heteroatoms. The maximum Gasteiger partial charge on any atom is 0.313 e. The fourth-order valence-corrected chi connectivity index (χ4v) is 11.0. The fraction of sp³-hybridized carbons (Fsp3) is 0.844. The second-order valence-corrected chi connectivity index (χ2v) is 15.2. The Kier molecular flexibility index (Phi) is 6.38. The molecular weight excluding hydrogens is 496 g/mol. The highest BCUT2D eigenvalue weighted by atomic mass is 16.5. The van der Waals surface area contributed by atoms with Crippen LogP contribution in [-0.4, -0.2) is 51.4 Å². The van der Waals surface area contributed by atoms with E-state index in [1.54, 1.807) is 6.92 Å². The van der Waals surface area contributed by atoms with Gasteiger partial charge in [-0.1, -0.05) is 47.1 Å². The first-order valence-corrected chi connectivity index (χ1v) is 14.9. The molecular formula is C32H48O7. The van der Waals surface area contributed by atoms with Crippen LogP contribution in [0.2, 0.25) is 0 Å². The third kappa shape index (κ3) is 3.38. The molecule has 0 aliphatic heterocycles. The first-order valence-electron chi connectivity index (χ1n) is 14.9. The van der Waals surface area contributed by atoms with E-state index in [9.17, 15) is 29.7 Å². The normalized spacial score (nSPS) is 54.8. The Morgan fingerprint density at radius 2 is 1.59 bits per heavy atom. The number of ketones is 1. The Hall–Kier alpha value is -1.73. The van der Waals surface area contributed by atoms with Gasteiger partial charge in [-0.2, -0.15) is 0 Å². The number of carboxylic acid groups (broad SMARTS) is 1. The summed E-state index contributed by atoms with van der Waals surface area (Å²) in [4.78, 5) is 39.3. The molecule has 0 aromatic carbocycles. The van der Waals surface area contributed by atoms with E-state index in [-0.39, 0.29) is 29.5 Å². The number of allylic oxidation sites excluding steroid dienone is 2. The van der Waals surface area contributed by atoms with E-state index < -0.39 is 63.7 Å². The predicted molar refractivity (Wildman–Crippen MR) is 145 cm³/mol. The van der Waals surface area contributed by atoms with Crippen LogP contribution in [0, 0.1) is 56.7 Å². The zero-order valence-electron chi connectivity index (χ0n) is 24.9. The molecule has 7 nitrogen and oxygen atoms in total. The minimum Gasteiger partial charge on any atom is -0.481 e. The number of aliphatic carboxylic acids is 1. The molecule has 13 atom stereocenters. The van der Waals surface area contributed by atoms with E-state index in [2.05, 4.69) is 27.7 Å². The van der Waals surface area contributed by atoms with Gasteiger partial charge < -0.3 is 20.1 Å². The van der Waals surface area contributed by atoms with Crippen molar-refractivity contribution in [2.75, 3.05) is 0 Å². The van der Waals surface area contributed by atoms with Gasteiger partial charge in [-0.25, -0.2) is 0 Å². The molecule has 0 saturated heterocycles. The number of aliphatic hydroxyl groups excluding tert-OH is 2. The molecule has 3 N–H and O–H groups in total. The highest BCUT2D eigenvalue weighted by Gasteiger charge is 2.75. The third-order valence-corrected chi connectivity index (χ3v) is 13.7. The van der Waals surface area contributed by atoms with Crippen molar-refractivity contribution < 1.29 is 34.4 Å². The average Bonchev–Trinajstić information content (AvgIpc) is 2.83. The number of hydrogen-bond donors (Lipinski definition) is 3. The number of carboxylic acids is 1. The molecule has 0 amide bonds. The number of carbonyl (C=O) groups is 3. The van der Waals surface area contributed by atoms with Gasteiger partial charge in [0, 0.05) is 29.1 Å². The second kappa shape index (κ2) is 8.64. The van der Waals surface area contributed by atoms with Crippen LogP contribution in [0.4, 0.5) is 0 Å². The summed E-state index contributed by atoms with van der Waals surface area (Å²) < 4.78 is 5.57. The van der Waals surface area contributed by atoms with E-state index in [1.165, 1.54) is 6.92 Å². The average molecular weight is 545 g/mol. The molecule has 0 aromatic rings. The first kappa shape index (κ1) is 28.8. The fourth-order valence-electron chi connectivity index (χ4n) is 11.0. The summed E-state index contributed by atoms with van der Waals surface area (Å²) >= 11 is 0. The van der Waals surface area contributed by atoms with Crippen LogP contribution in [0.1, 0.15) is 93.9 Å². The number of ether oxygens (including phenoxy) is 1. The smallest absolute Gasteiger partial charge is 0.313 e. The molecule has 5 aliphatic carbocycles. The lowest BCUT2D eigenvalue weighted by atomic mass is 9.32. The van der Waals surface area contributed by atoms with Gasteiger partial charge in [0.1, 0.15) is 11.5 Å². The van der Waals surface area contributed by atoms with E-state index >= 15 is 0 Å². The van der Waals surface area contributed by atoms with Crippen molar-refractivity contribution in [3.05, 3.63) is 11.6 Å². The van der Waals surface area contributed by atoms with E-state index in [1.807, 2.05) is 19.9 Å². The van der Waals surface area contributed by atoms with Crippen LogP contribution in [0.15, 0.2) is 11.6 Å². The zero-order valence-corrected chi connectivity index (χ0v) is 24.9. The van der Waals surface area contributed by atoms with Crippen LogP contribution in [0.5, 0.6) is 0 Å². The number of esters is 1. The summed E-state index contributed by atoms with van der Waals surface area (Å²) in [5, 5.41) is 34.4. The molecule has 0 radical (unpaired) electrons. The zero-order chi connectivity index (χ0) is 29.1. The van der Waals surface area contributed by atoms with Gasteiger partial charge in [-0.05, 0) is 80.6 Å². The van der Waals surface area contributed by atoms with Crippen LogP contribution < -0.4 is 0 Å². The van der Waals surface area contributed by atoms with Crippen LogP contribution >= 0.6 is 0 Å². The lowest BCUT2D eigenvalue weighted by molar-refractivity contribution is -0.252. The molecule has 0 aromatic heterocycles. The summed E-state index contributed by atoms with van der Waals surface area (Å²) in [7, 11) is 0. The quantitative estimate of drug-likeness (QED) is 0.428. The van der Waals surface area contributed by atoms with E-state index in [4.69, 9.17) is 4.74 Å². The summed E-state index contributed by atoms with van der Waals surface area (Å²) in [6.07, 6.45) is 2.99. The van der Waals surface area contributed by atoms with Crippen molar-refractivity contribution in [1.82, 2.24) is 0 Å². The van der Waals surface area contributed by atoms with Crippen molar-refractivity contribution in [2.45, 2.75) is 112 Å². The van der Waals surface area contributed by atoms with Crippen molar-refractivity contribution in [1.29, 1.82) is 0 Å². The van der Waals surface area contributed by atoms with Crippen molar-refractivity contribution in [2.24, 2.45) is 56.7 Å². The van der Waals surface area contributed by atoms with Crippen molar-refractivity contribution in [3.63, 3.8) is 0 Å². The van der Waals surface area contributed by atoms with Gasteiger partial charge in [0.05, 0.1) is 12.2 Å². The number of rotatable bonds is 2. The third-order valence-electron chi connectivity index (χ3n) is 13.7. The minimum absolute atomic E-state index is 0.0286. The highest BCUT2D eigenvalue weighted by Crippen LogP contribution is 2.75. The lowest BCUT2D eigenvalue weighted by Crippen LogP contribution is -2.73. The largest absolute Gasteiger partial charge is 0.481 e. The molecule has 0 bridgehead atoms. The van der Waals surface area contributed by atoms with Gasteiger partial charge in [0.15, 0.2) is 5.78 Å². The number of aliphatic hydroxyl groups is 2. The number of carbonyl (C=O) groups excluding carboxylic acids is 2. The maximum absolute atomic E-state index is 14.4. The summed E-state index contributed by atoms with van der Waals surface area (Å²) in [6, 6.07) is 0. The number of hydrogen-bond acceptors (Lipinski definition) is 6. The summed E-state index contributed by atoms with van der Waals surface area (Å²) in [5.41, 5.74) is -2.91. The number of fused-ring (bicyclic) bond motifs is 7. The predicted octanol–water partition coefficient (Wildman–Crippen LogP) is 4.78. The van der Waals surface area contributed by atoms with Crippen LogP contribution in [0.25, 0.3) is 0 Å². The van der Waals surface area contributed by atoms with Crippen LogP contribution in [0.3, 0.4) is 0 Å². The summed E-state index contributed by atoms with van der Waals surface area (Å²) in [6.45, 7) is 15.8. The van der Waals surface area contributed by atoms with E-state index in [0.717, 1.165) is 18.4 Å². The van der Waals surface area contributed by atoms with Crippen molar-refractivity contribution >= 4 is 17.7 Å². The standard InChI is InChI=1S/C32H48O7/c1-16-9-11-29(5)23(36)15-30(6)19(25(29)17(16)2)13-20(34)26-28(4)12-10-24(39-18(3)33)31(7,27(37)38)21(28)14-22(35)32(26,30)8/h13,16-17,21-26,35-36H,9-12,14-15H2,1-8H3,(H,37,38)/t16-,17+,21-,22+,23-,24-,25+,26-,28+,29-,30-,31-,32-/m1/s1. The lowest BCUT2D eigenvalue weighted by Gasteiger charge is -2.72. The highest BCUT2D eigenvalue weighted by molar-refractivity contribution is 5.96. The molecule has 218 valence electrons. The Morgan fingerprint density at radius 1 is 0.974 bits per heavy atom. The second-order valence-electron chi connectivity index (χ2n) is 15.2. The van der Waals surface area contributed by atoms with E-state index in [0.29, 0.717) is 25.2 Å². The Morgan fingerprint density at radius 3 is 2.18 bits per heavy atom.